The Morgan fingerprint density at radius 1 is 1.53 bits per heavy atom. The van der Waals surface area contributed by atoms with Crippen molar-refractivity contribution < 1.29 is 4.74 Å². The lowest BCUT2D eigenvalue weighted by Gasteiger charge is -2.37. The third-order valence-corrected chi connectivity index (χ3v) is 3.59. The van der Waals surface area contributed by atoms with E-state index in [1.807, 2.05) is 0 Å². The summed E-state index contributed by atoms with van der Waals surface area (Å²) in [6.45, 7) is 2.12. The number of methoxy groups -OCH3 is 1. The fourth-order valence-corrected chi connectivity index (χ4v) is 2.34. The molecular weight excluding hydrogens is 188 g/mol. The largest absolute Gasteiger partial charge is 0.381 e. The van der Waals surface area contributed by atoms with Crippen LogP contribution in [0.2, 0.25) is 0 Å². The van der Waals surface area contributed by atoms with Crippen LogP contribution in [-0.4, -0.2) is 37.2 Å². The lowest BCUT2D eigenvalue weighted by Crippen LogP contribution is -2.42. The second-order valence-corrected chi connectivity index (χ2v) is 4.55. The molecule has 0 saturated heterocycles. The zero-order chi connectivity index (χ0) is 11.3. The molecule has 0 bridgehead atoms. The van der Waals surface area contributed by atoms with Crippen LogP contribution in [0.4, 0.5) is 0 Å². The Hall–Kier alpha value is -0.590. The summed E-state index contributed by atoms with van der Waals surface area (Å²) in [6.07, 6.45) is 5.82. The lowest BCUT2D eigenvalue weighted by molar-refractivity contribution is 0.0261. The summed E-state index contributed by atoms with van der Waals surface area (Å²) in [5.41, 5.74) is 0. The van der Waals surface area contributed by atoms with Crippen LogP contribution < -0.4 is 0 Å². The van der Waals surface area contributed by atoms with E-state index < -0.39 is 0 Å². The first-order valence-electron chi connectivity index (χ1n) is 5.80. The highest BCUT2D eigenvalue weighted by Crippen LogP contribution is 2.25. The SMILES string of the molecule is COC1CCCC(N(C)C(C)CC#N)C1. The van der Waals surface area contributed by atoms with Gasteiger partial charge in [0.15, 0.2) is 0 Å². The summed E-state index contributed by atoms with van der Waals surface area (Å²) >= 11 is 0. The first kappa shape index (κ1) is 12.5. The predicted molar refractivity (Wildman–Crippen MR) is 60.5 cm³/mol. The maximum Gasteiger partial charge on any atom is 0.0638 e. The van der Waals surface area contributed by atoms with Crippen molar-refractivity contribution >= 4 is 0 Å². The zero-order valence-corrected chi connectivity index (χ0v) is 10.1. The molecule has 0 spiro atoms. The van der Waals surface area contributed by atoms with Crippen LogP contribution >= 0.6 is 0 Å². The summed E-state index contributed by atoms with van der Waals surface area (Å²) in [5.74, 6) is 0. The number of nitrogens with zero attached hydrogens (tertiary/aromatic N) is 2. The van der Waals surface area contributed by atoms with Crippen molar-refractivity contribution in [2.45, 2.75) is 57.2 Å². The maximum atomic E-state index is 8.68. The molecule has 3 heteroatoms. The average molecular weight is 210 g/mol. The molecule has 0 aromatic rings. The minimum absolute atomic E-state index is 0.357. The molecule has 0 amide bonds. The molecule has 1 saturated carbocycles. The molecule has 1 aliphatic carbocycles. The van der Waals surface area contributed by atoms with Crippen molar-refractivity contribution in [1.82, 2.24) is 4.90 Å². The van der Waals surface area contributed by atoms with Gasteiger partial charge in [-0.2, -0.15) is 5.26 Å². The Kier molecular flexibility index (Phi) is 5.07. The standard InChI is InChI=1S/C12H22N2O/c1-10(7-8-13)14(2)11-5-4-6-12(9-11)15-3/h10-12H,4-7,9H2,1-3H3. The van der Waals surface area contributed by atoms with Crippen molar-refractivity contribution in [3.05, 3.63) is 0 Å². The first-order chi connectivity index (χ1) is 7.19. The molecule has 1 aliphatic rings. The van der Waals surface area contributed by atoms with Gasteiger partial charge in [0.2, 0.25) is 0 Å². The van der Waals surface area contributed by atoms with Gasteiger partial charge in [-0.3, -0.25) is 4.90 Å². The lowest BCUT2D eigenvalue weighted by atomic mass is 9.91. The fraction of sp³-hybridized carbons (Fsp3) is 0.917. The van der Waals surface area contributed by atoms with Crippen LogP contribution in [-0.2, 0) is 4.74 Å². The number of hydrogen-bond donors (Lipinski definition) is 0. The topological polar surface area (TPSA) is 36.3 Å². The van der Waals surface area contributed by atoms with Gasteiger partial charge in [0.25, 0.3) is 0 Å². The molecular formula is C12H22N2O. The summed E-state index contributed by atoms with van der Waals surface area (Å²) in [7, 11) is 3.93. The average Bonchev–Trinajstić information content (AvgIpc) is 2.28. The summed E-state index contributed by atoms with van der Waals surface area (Å²) < 4.78 is 5.42. The molecule has 3 unspecified atom stereocenters. The monoisotopic (exact) mass is 210 g/mol. The van der Waals surface area contributed by atoms with Crippen LogP contribution in [0.1, 0.15) is 39.0 Å². The van der Waals surface area contributed by atoms with Gasteiger partial charge < -0.3 is 4.74 Å². The van der Waals surface area contributed by atoms with Gasteiger partial charge in [-0.1, -0.05) is 0 Å². The van der Waals surface area contributed by atoms with Gasteiger partial charge in [-0.25, -0.2) is 0 Å². The Balaban J connectivity index is 2.44. The van der Waals surface area contributed by atoms with Gasteiger partial charge in [-0.05, 0) is 39.7 Å². The van der Waals surface area contributed by atoms with Gasteiger partial charge in [0.1, 0.15) is 0 Å². The van der Waals surface area contributed by atoms with Gasteiger partial charge in [-0.15, -0.1) is 0 Å². The Bertz CT molecular complexity index is 224. The van der Waals surface area contributed by atoms with E-state index in [9.17, 15) is 0 Å². The summed E-state index contributed by atoms with van der Waals surface area (Å²) in [6, 6.07) is 3.19. The van der Waals surface area contributed by atoms with Crippen LogP contribution in [0.15, 0.2) is 0 Å². The van der Waals surface area contributed by atoms with Gasteiger partial charge in [0.05, 0.1) is 18.6 Å². The Labute approximate surface area is 93.0 Å². The van der Waals surface area contributed by atoms with E-state index in [4.69, 9.17) is 10.00 Å². The van der Waals surface area contributed by atoms with E-state index in [2.05, 4.69) is 24.9 Å². The second-order valence-electron chi connectivity index (χ2n) is 4.55. The highest BCUT2D eigenvalue weighted by atomic mass is 16.5. The second kappa shape index (κ2) is 6.09. The quantitative estimate of drug-likeness (QED) is 0.713. The molecule has 0 radical (unpaired) electrons. The fourth-order valence-electron chi connectivity index (χ4n) is 2.34. The molecule has 0 heterocycles. The highest BCUT2D eigenvalue weighted by molar-refractivity contribution is 4.85. The Morgan fingerprint density at radius 3 is 2.87 bits per heavy atom. The van der Waals surface area contributed by atoms with Crippen molar-refractivity contribution in [2.75, 3.05) is 14.2 Å². The third-order valence-electron chi connectivity index (χ3n) is 3.59. The maximum absolute atomic E-state index is 8.68. The smallest absolute Gasteiger partial charge is 0.0638 e. The van der Waals surface area contributed by atoms with Gasteiger partial charge in [0, 0.05) is 19.2 Å². The Morgan fingerprint density at radius 2 is 2.27 bits per heavy atom. The third kappa shape index (κ3) is 3.48. The minimum Gasteiger partial charge on any atom is -0.381 e. The van der Waals surface area contributed by atoms with Crippen molar-refractivity contribution in [3.63, 3.8) is 0 Å². The number of hydrogen-bond acceptors (Lipinski definition) is 3. The molecule has 15 heavy (non-hydrogen) atoms. The minimum atomic E-state index is 0.357. The number of ether oxygens (including phenoxy) is 1. The van der Waals surface area contributed by atoms with E-state index in [0.29, 0.717) is 24.6 Å². The van der Waals surface area contributed by atoms with Crippen molar-refractivity contribution in [2.24, 2.45) is 0 Å². The molecule has 3 nitrogen and oxygen atoms in total. The molecule has 0 aromatic carbocycles. The van der Waals surface area contributed by atoms with E-state index >= 15 is 0 Å². The van der Waals surface area contributed by atoms with Crippen molar-refractivity contribution in [1.29, 1.82) is 5.26 Å². The number of rotatable bonds is 4. The van der Waals surface area contributed by atoms with Crippen LogP contribution in [0.25, 0.3) is 0 Å². The highest BCUT2D eigenvalue weighted by Gasteiger charge is 2.26. The number of nitriles is 1. The molecule has 0 N–H and O–H groups in total. The van der Waals surface area contributed by atoms with E-state index in [-0.39, 0.29) is 0 Å². The first-order valence-corrected chi connectivity index (χ1v) is 5.80. The summed E-state index contributed by atoms with van der Waals surface area (Å²) in [5, 5.41) is 8.68. The molecule has 0 aliphatic heterocycles. The van der Waals surface area contributed by atoms with E-state index in [1.54, 1.807) is 7.11 Å². The molecule has 0 aromatic heterocycles. The van der Waals surface area contributed by atoms with Crippen molar-refractivity contribution in [3.8, 4) is 6.07 Å². The predicted octanol–water partition coefficient (Wildman–Crippen LogP) is 2.18. The van der Waals surface area contributed by atoms with Gasteiger partial charge >= 0.3 is 0 Å². The zero-order valence-electron chi connectivity index (χ0n) is 10.1. The normalized spacial score (nSPS) is 28.7. The summed E-state index contributed by atoms with van der Waals surface area (Å²) in [4.78, 5) is 2.34. The molecule has 1 rings (SSSR count). The van der Waals surface area contributed by atoms with Crippen LogP contribution in [0, 0.1) is 11.3 Å². The molecule has 3 atom stereocenters. The van der Waals surface area contributed by atoms with E-state index in [0.717, 1.165) is 6.42 Å². The van der Waals surface area contributed by atoms with Crippen LogP contribution in [0.3, 0.4) is 0 Å². The molecule has 1 fully saturated rings. The van der Waals surface area contributed by atoms with E-state index in [1.165, 1.54) is 19.3 Å². The molecule has 86 valence electrons. The van der Waals surface area contributed by atoms with Crippen LogP contribution in [0.5, 0.6) is 0 Å².